The molecule has 10 nitrogen and oxygen atoms in total. The van der Waals surface area contributed by atoms with Crippen LogP contribution in [0.2, 0.25) is 0 Å². The molecule has 0 unspecified atom stereocenters. The van der Waals surface area contributed by atoms with Gasteiger partial charge in [-0.15, -0.1) is 0 Å². The van der Waals surface area contributed by atoms with Gasteiger partial charge in [0.25, 0.3) is 0 Å². The van der Waals surface area contributed by atoms with Crippen LogP contribution < -0.4 is 10.0 Å². The van der Waals surface area contributed by atoms with E-state index < -0.39 is 10.0 Å². The lowest BCUT2D eigenvalue weighted by Crippen LogP contribution is -2.33. The highest BCUT2D eigenvalue weighted by Crippen LogP contribution is 2.32. The lowest BCUT2D eigenvalue weighted by atomic mass is 9.86. The van der Waals surface area contributed by atoms with E-state index in [1.54, 1.807) is 9.36 Å². The van der Waals surface area contributed by atoms with Gasteiger partial charge in [0.1, 0.15) is 5.82 Å². The van der Waals surface area contributed by atoms with Crippen LogP contribution in [-0.4, -0.2) is 56.8 Å². The van der Waals surface area contributed by atoms with E-state index in [-0.39, 0.29) is 6.04 Å². The Morgan fingerprint density at radius 2 is 1.59 bits per heavy atom. The molecule has 1 aliphatic carbocycles. The molecule has 0 spiro atoms. The SMILES string of the molecule is Cn1cc(-c2cccc(-c3ncc(-c4cnn(C)c4)c(N[C@H]4CC[C@H](CNS(C)(=O)=O)CC4)n3)c2)cn1. The molecule has 0 amide bonds. The summed E-state index contributed by atoms with van der Waals surface area (Å²) in [6.07, 6.45) is 14.5. The van der Waals surface area contributed by atoms with Gasteiger partial charge in [-0.1, -0.05) is 18.2 Å². The largest absolute Gasteiger partial charge is 0.367 e. The molecule has 0 saturated heterocycles. The second-order valence-corrected chi connectivity index (χ2v) is 11.7. The van der Waals surface area contributed by atoms with E-state index in [0.717, 1.165) is 59.3 Å². The molecule has 1 saturated carbocycles. The van der Waals surface area contributed by atoms with Gasteiger partial charge in [0, 0.05) is 67.5 Å². The average Bonchev–Trinajstić information content (AvgIpc) is 3.51. The molecule has 0 radical (unpaired) electrons. The third-order valence-electron chi connectivity index (χ3n) is 6.79. The second kappa shape index (κ2) is 10.4. The highest BCUT2D eigenvalue weighted by atomic mass is 32.2. The van der Waals surface area contributed by atoms with Crippen LogP contribution in [0.25, 0.3) is 33.6 Å². The Morgan fingerprint density at radius 1 is 0.919 bits per heavy atom. The van der Waals surface area contributed by atoms with Crippen molar-refractivity contribution < 1.29 is 8.42 Å². The minimum Gasteiger partial charge on any atom is -0.367 e. The molecular formula is C26H32N8O2S. The first-order chi connectivity index (χ1) is 17.7. The Bertz CT molecular complexity index is 1490. The molecule has 4 aromatic rings. The van der Waals surface area contributed by atoms with Gasteiger partial charge < -0.3 is 5.32 Å². The monoisotopic (exact) mass is 520 g/mol. The summed E-state index contributed by atoms with van der Waals surface area (Å²) in [4.78, 5) is 9.69. The third-order valence-corrected chi connectivity index (χ3v) is 7.48. The summed E-state index contributed by atoms with van der Waals surface area (Å²) in [6.45, 7) is 0.497. The van der Waals surface area contributed by atoms with Crippen LogP contribution in [0.1, 0.15) is 25.7 Å². The van der Waals surface area contributed by atoms with Crippen LogP contribution in [0.15, 0.2) is 55.2 Å². The molecule has 3 aromatic heterocycles. The Morgan fingerprint density at radius 3 is 2.24 bits per heavy atom. The molecule has 37 heavy (non-hydrogen) atoms. The van der Waals surface area contributed by atoms with Crippen molar-refractivity contribution in [1.82, 2.24) is 34.3 Å². The number of hydrogen-bond acceptors (Lipinski definition) is 7. The van der Waals surface area contributed by atoms with E-state index in [0.29, 0.717) is 18.3 Å². The number of hydrogen-bond donors (Lipinski definition) is 2. The molecule has 0 bridgehead atoms. The van der Waals surface area contributed by atoms with Gasteiger partial charge in [-0.2, -0.15) is 10.2 Å². The normalized spacial score (nSPS) is 18.1. The summed E-state index contributed by atoms with van der Waals surface area (Å²) in [5.74, 6) is 1.77. The zero-order valence-corrected chi connectivity index (χ0v) is 22.1. The number of anilines is 1. The van der Waals surface area contributed by atoms with Crippen molar-refractivity contribution in [3.05, 3.63) is 55.2 Å². The standard InChI is InChI=1S/C26H32N8O2S/c1-33-16-21(13-28-33)19-5-4-6-20(11-19)25-27-15-24(22-14-29-34(2)17-22)26(32-25)31-23-9-7-18(8-10-23)12-30-37(3,35)36/h4-6,11,13-18,23,30H,7-10,12H2,1-3H3,(H,27,31,32)/t18-,23-. The highest BCUT2D eigenvalue weighted by Gasteiger charge is 2.24. The van der Waals surface area contributed by atoms with Gasteiger partial charge in [0.2, 0.25) is 10.0 Å². The summed E-state index contributed by atoms with van der Waals surface area (Å²) < 4.78 is 29.1. The molecular weight excluding hydrogens is 488 g/mol. The third kappa shape index (κ3) is 6.23. The summed E-state index contributed by atoms with van der Waals surface area (Å²) in [7, 11) is 0.629. The van der Waals surface area contributed by atoms with Crippen molar-refractivity contribution in [3.63, 3.8) is 0 Å². The zero-order chi connectivity index (χ0) is 26.0. The van der Waals surface area contributed by atoms with E-state index in [1.807, 2.05) is 57.2 Å². The van der Waals surface area contributed by atoms with Crippen molar-refractivity contribution in [2.75, 3.05) is 18.1 Å². The van der Waals surface area contributed by atoms with E-state index in [4.69, 9.17) is 9.97 Å². The van der Waals surface area contributed by atoms with Gasteiger partial charge in [0.15, 0.2) is 5.82 Å². The fraction of sp³-hybridized carbons (Fsp3) is 0.385. The number of rotatable bonds is 8. The fourth-order valence-electron chi connectivity index (χ4n) is 4.78. The molecule has 2 N–H and O–H groups in total. The predicted octanol–water partition coefficient (Wildman–Crippen LogP) is 3.46. The number of sulfonamides is 1. The zero-order valence-electron chi connectivity index (χ0n) is 21.3. The Balaban J connectivity index is 1.39. The van der Waals surface area contributed by atoms with Gasteiger partial charge in [-0.25, -0.2) is 23.1 Å². The van der Waals surface area contributed by atoms with E-state index >= 15 is 0 Å². The lowest BCUT2D eigenvalue weighted by molar-refractivity contribution is 0.337. The molecule has 194 valence electrons. The summed E-state index contributed by atoms with van der Waals surface area (Å²) in [6, 6.07) is 8.41. The van der Waals surface area contributed by atoms with Crippen LogP contribution in [-0.2, 0) is 24.1 Å². The molecule has 1 aromatic carbocycles. The fourth-order valence-corrected chi connectivity index (χ4v) is 5.32. The quantitative estimate of drug-likeness (QED) is 0.365. The van der Waals surface area contributed by atoms with Gasteiger partial charge in [-0.05, 0) is 43.2 Å². The maximum Gasteiger partial charge on any atom is 0.208 e. The van der Waals surface area contributed by atoms with E-state index in [2.05, 4.69) is 32.4 Å². The first-order valence-electron chi connectivity index (χ1n) is 12.4. The second-order valence-electron chi connectivity index (χ2n) is 9.82. The van der Waals surface area contributed by atoms with Crippen molar-refractivity contribution in [2.45, 2.75) is 31.7 Å². The number of aryl methyl sites for hydroxylation is 2. The van der Waals surface area contributed by atoms with Crippen LogP contribution >= 0.6 is 0 Å². The number of benzene rings is 1. The number of nitrogens with one attached hydrogen (secondary N) is 2. The molecule has 5 rings (SSSR count). The summed E-state index contributed by atoms with van der Waals surface area (Å²) >= 11 is 0. The molecule has 1 aliphatic rings. The Labute approximate surface area is 217 Å². The minimum atomic E-state index is -3.17. The molecule has 0 aliphatic heterocycles. The van der Waals surface area contributed by atoms with E-state index in [1.165, 1.54) is 6.26 Å². The summed E-state index contributed by atoms with van der Waals surface area (Å²) in [5, 5.41) is 12.3. The first-order valence-corrected chi connectivity index (χ1v) is 14.3. The molecule has 0 atom stereocenters. The molecule has 3 heterocycles. The molecule has 1 fully saturated rings. The van der Waals surface area contributed by atoms with Crippen LogP contribution in [0.3, 0.4) is 0 Å². The van der Waals surface area contributed by atoms with Gasteiger partial charge >= 0.3 is 0 Å². The highest BCUT2D eigenvalue weighted by molar-refractivity contribution is 7.88. The average molecular weight is 521 g/mol. The maximum absolute atomic E-state index is 11.5. The van der Waals surface area contributed by atoms with Crippen molar-refractivity contribution in [2.24, 2.45) is 20.0 Å². The van der Waals surface area contributed by atoms with Gasteiger partial charge in [-0.3, -0.25) is 9.36 Å². The minimum absolute atomic E-state index is 0.245. The van der Waals surface area contributed by atoms with Crippen molar-refractivity contribution in [3.8, 4) is 33.6 Å². The van der Waals surface area contributed by atoms with E-state index in [9.17, 15) is 8.42 Å². The van der Waals surface area contributed by atoms with Crippen LogP contribution in [0.5, 0.6) is 0 Å². The number of nitrogens with zero attached hydrogens (tertiary/aromatic N) is 6. The van der Waals surface area contributed by atoms with Crippen molar-refractivity contribution >= 4 is 15.8 Å². The maximum atomic E-state index is 11.5. The summed E-state index contributed by atoms with van der Waals surface area (Å²) in [5.41, 5.74) is 4.88. The van der Waals surface area contributed by atoms with Crippen molar-refractivity contribution in [1.29, 1.82) is 0 Å². The van der Waals surface area contributed by atoms with Crippen LogP contribution in [0.4, 0.5) is 5.82 Å². The topological polar surface area (TPSA) is 120 Å². The first kappa shape index (κ1) is 25.1. The van der Waals surface area contributed by atoms with Crippen LogP contribution in [0, 0.1) is 5.92 Å². The van der Waals surface area contributed by atoms with Gasteiger partial charge in [0.05, 0.1) is 18.6 Å². The Kier molecular flexibility index (Phi) is 7.07. The lowest BCUT2D eigenvalue weighted by Gasteiger charge is -2.30. The predicted molar refractivity (Wildman–Crippen MR) is 144 cm³/mol. The number of aromatic nitrogens is 6. The Hall–Kier alpha value is -3.57. The molecule has 11 heteroatoms. The smallest absolute Gasteiger partial charge is 0.208 e.